The highest BCUT2D eigenvalue weighted by atomic mass is 16.5. The van der Waals surface area contributed by atoms with Crippen LogP contribution in [0, 0.1) is 13.8 Å². The lowest BCUT2D eigenvalue weighted by Crippen LogP contribution is -2.12. The van der Waals surface area contributed by atoms with Crippen molar-refractivity contribution in [3.63, 3.8) is 0 Å². The zero-order valence-corrected chi connectivity index (χ0v) is 9.69. The van der Waals surface area contributed by atoms with Gasteiger partial charge in [0.1, 0.15) is 0 Å². The molecule has 2 rings (SSSR count). The van der Waals surface area contributed by atoms with Crippen LogP contribution in [-0.4, -0.2) is 16.8 Å². The van der Waals surface area contributed by atoms with Crippen LogP contribution in [0.25, 0.3) is 0 Å². The van der Waals surface area contributed by atoms with E-state index in [2.05, 4.69) is 36.4 Å². The minimum absolute atomic E-state index is 0.604. The molecule has 16 heavy (non-hydrogen) atoms. The zero-order chi connectivity index (χ0) is 11.5. The van der Waals surface area contributed by atoms with Crippen LogP contribution >= 0.6 is 0 Å². The number of anilines is 1. The van der Waals surface area contributed by atoms with Gasteiger partial charge >= 0.3 is 0 Å². The van der Waals surface area contributed by atoms with E-state index in [9.17, 15) is 0 Å². The number of nitrogens with zero attached hydrogens (tertiary/aromatic N) is 2. The Labute approximate surface area is 94.9 Å². The average molecular weight is 217 g/mol. The van der Waals surface area contributed by atoms with Gasteiger partial charge in [0, 0.05) is 23.7 Å². The van der Waals surface area contributed by atoms with E-state index in [1.165, 1.54) is 0 Å². The Hall–Kier alpha value is -1.97. The highest BCUT2D eigenvalue weighted by Gasteiger charge is 2.02. The molecule has 0 saturated carbocycles. The fourth-order valence-electron chi connectivity index (χ4n) is 1.56. The van der Waals surface area contributed by atoms with Crippen LogP contribution in [0.3, 0.4) is 0 Å². The molecule has 0 spiro atoms. The maximum absolute atomic E-state index is 5.07. The quantitative estimate of drug-likeness (QED) is 0.858. The molecule has 0 aromatic carbocycles. The van der Waals surface area contributed by atoms with Gasteiger partial charge in [-0.1, -0.05) is 0 Å². The molecule has 0 unspecified atom stereocenters. The molecule has 0 radical (unpaired) electrons. The van der Waals surface area contributed by atoms with Crippen molar-refractivity contribution in [1.82, 2.24) is 9.66 Å². The molecule has 0 fully saturated rings. The van der Waals surface area contributed by atoms with Crippen molar-refractivity contribution in [1.29, 1.82) is 0 Å². The van der Waals surface area contributed by atoms with E-state index in [0.717, 1.165) is 17.1 Å². The van der Waals surface area contributed by atoms with Gasteiger partial charge in [-0.15, -0.1) is 0 Å². The first-order chi connectivity index (χ1) is 7.70. The summed E-state index contributed by atoms with van der Waals surface area (Å²) >= 11 is 0. The maximum atomic E-state index is 5.07. The van der Waals surface area contributed by atoms with Crippen LogP contribution in [0.5, 0.6) is 5.88 Å². The zero-order valence-electron chi connectivity index (χ0n) is 9.69. The maximum Gasteiger partial charge on any atom is 0.215 e. The van der Waals surface area contributed by atoms with E-state index in [-0.39, 0.29) is 0 Å². The number of rotatable bonds is 3. The molecule has 2 aromatic heterocycles. The molecular weight excluding hydrogens is 202 g/mol. The molecular formula is C12H15N3O. The molecule has 4 heteroatoms. The summed E-state index contributed by atoms with van der Waals surface area (Å²) in [5, 5.41) is 0. The third-order valence-corrected chi connectivity index (χ3v) is 2.46. The summed E-state index contributed by atoms with van der Waals surface area (Å²) in [6.45, 7) is 4.11. The van der Waals surface area contributed by atoms with Crippen molar-refractivity contribution in [3.8, 4) is 5.88 Å². The first-order valence-electron chi connectivity index (χ1n) is 5.13. The van der Waals surface area contributed by atoms with E-state index < -0.39 is 0 Å². The van der Waals surface area contributed by atoms with Crippen molar-refractivity contribution in [3.05, 3.63) is 41.9 Å². The summed E-state index contributed by atoms with van der Waals surface area (Å²) in [7, 11) is 1.61. The number of ether oxygens (including phenoxy) is 1. The number of aryl methyl sites for hydroxylation is 2. The molecule has 0 aliphatic rings. The Bertz CT molecular complexity index is 471. The molecule has 1 N–H and O–H groups in total. The highest BCUT2D eigenvalue weighted by Crippen LogP contribution is 2.15. The highest BCUT2D eigenvalue weighted by molar-refractivity contribution is 5.45. The smallest absolute Gasteiger partial charge is 0.215 e. The lowest BCUT2D eigenvalue weighted by atomic mass is 10.4. The number of aromatic nitrogens is 2. The molecule has 0 aliphatic heterocycles. The van der Waals surface area contributed by atoms with Gasteiger partial charge in [-0.2, -0.15) is 0 Å². The molecule has 0 amide bonds. The van der Waals surface area contributed by atoms with Crippen LogP contribution in [0.15, 0.2) is 30.5 Å². The van der Waals surface area contributed by atoms with Gasteiger partial charge in [-0.3, -0.25) is 10.1 Å². The third kappa shape index (κ3) is 2.00. The molecule has 2 aromatic rings. The van der Waals surface area contributed by atoms with E-state index in [1.807, 2.05) is 16.8 Å². The minimum atomic E-state index is 0.604. The predicted molar refractivity (Wildman–Crippen MR) is 63.7 cm³/mol. The number of methoxy groups -OCH3 is 1. The second-order valence-electron chi connectivity index (χ2n) is 3.65. The van der Waals surface area contributed by atoms with Crippen LogP contribution < -0.4 is 10.2 Å². The number of hydrogen-bond donors (Lipinski definition) is 1. The van der Waals surface area contributed by atoms with E-state index in [1.54, 1.807) is 13.3 Å². The number of nitrogens with one attached hydrogen (secondary N) is 1. The standard InChI is InChI=1S/C12H15N3O/c1-9-4-5-10(2)15(9)14-11-6-7-13-12(8-11)16-3/h4-8H,1-3H3,(H,13,14). The molecule has 4 nitrogen and oxygen atoms in total. The lowest BCUT2D eigenvalue weighted by molar-refractivity contribution is 0.398. The first kappa shape index (κ1) is 10.5. The Morgan fingerprint density at radius 1 is 1.19 bits per heavy atom. The van der Waals surface area contributed by atoms with E-state index >= 15 is 0 Å². The fraction of sp³-hybridized carbons (Fsp3) is 0.250. The summed E-state index contributed by atoms with van der Waals surface area (Å²) in [6, 6.07) is 7.90. The second-order valence-corrected chi connectivity index (χ2v) is 3.65. The van der Waals surface area contributed by atoms with Crippen molar-refractivity contribution in [2.24, 2.45) is 0 Å². The first-order valence-corrected chi connectivity index (χ1v) is 5.13. The van der Waals surface area contributed by atoms with Gasteiger partial charge in [0.25, 0.3) is 0 Å². The van der Waals surface area contributed by atoms with Crippen LogP contribution in [0.1, 0.15) is 11.4 Å². The van der Waals surface area contributed by atoms with Gasteiger partial charge < -0.3 is 4.74 Å². The van der Waals surface area contributed by atoms with Crippen molar-refractivity contribution in [2.45, 2.75) is 13.8 Å². The third-order valence-electron chi connectivity index (χ3n) is 2.46. The van der Waals surface area contributed by atoms with Gasteiger partial charge in [0.15, 0.2) is 0 Å². The van der Waals surface area contributed by atoms with Crippen molar-refractivity contribution < 1.29 is 4.74 Å². The summed E-state index contributed by atoms with van der Waals surface area (Å²) in [5.41, 5.74) is 6.57. The topological polar surface area (TPSA) is 39.1 Å². The average Bonchev–Trinajstić information content (AvgIpc) is 2.61. The van der Waals surface area contributed by atoms with Gasteiger partial charge in [0.2, 0.25) is 5.88 Å². The Morgan fingerprint density at radius 3 is 2.50 bits per heavy atom. The largest absolute Gasteiger partial charge is 0.481 e. The summed E-state index contributed by atoms with van der Waals surface area (Å²) in [4.78, 5) is 4.06. The Kier molecular flexibility index (Phi) is 2.81. The van der Waals surface area contributed by atoms with E-state index in [4.69, 9.17) is 4.74 Å². The van der Waals surface area contributed by atoms with Gasteiger partial charge in [-0.05, 0) is 32.0 Å². The summed E-state index contributed by atoms with van der Waals surface area (Å²) in [5.74, 6) is 0.604. The predicted octanol–water partition coefficient (Wildman–Crippen LogP) is 2.38. The van der Waals surface area contributed by atoms with Gasteiger partial charge in [-0.25, -0.2) is 4.98 Å². The molecule has 0 aliphatic carbocycles. The fourth-order valence-corrected chi connectivity index (χ4v) is 1.56. The molecule has 84 valence electrons. The SMILES string of the molecule is COc1cc(Nn2c(C)ccc2C)ccn1. The number of pyridine rings is 1. The number of hydrogen-bond acceptors (Lipinski definition) is 3. The molecule has 0 atom stereocenters. The van der Waals surface area contributed by atoms with Crippen LogP contribution in [-0.2, 0) is 0 Å². The molecule has 2 heterocycles. The van der Waals surface area contributed by atoms with E-state index in [0.29, 0.717) is 5.88 Å². The molecule has 0 saturated heterocycles. The van der Waals surface area contributed by atoms with Crippen molar-refractivity contribution >= 4 is 5.69 Å². The van der Waals surface area contributed by atoms with Crippen LogP contribution in [0.2, 0.25) is 0 Å². The van der Waals surface area contributed by atoms with Gasteiger partial charge in [0.05, 0.1) is 12.8 Å². The van der Waals surface area contributed by atoms with Crippen molar-refractivity contribution in [2.75, 3.05) is 12.5 Å². The summed E-state index contributed by atoms with van der Waals surface area (Å²) < 4.78 is 7.10. The minimum Gasteiger partial charge on any atom is -0.481 e. The Balaban J connectivity index is 2.27. The van der Waals surface area contributed by atoms with Crippen LogP contribution in [0.4, 0.5) is 5.69 Å². The Morgan fingerprint density at radius 2 is 1.88 bits per heavy atom. The lowest BCUT2D eigenvalue weighted by Gasteiger charge is -2.12. The molecule has 0 bridgehead atoms. The monoisotopic (exact) mass is 217 g/mol. The summed E-state index contributed by atoms with van der Waals surface area (Å²) in [6.07, 6.45) is 1.72. The normalized spacial score (nSPS) is 10.2. The second kappa shape index (κ2) is 4.26.